The van der Waals surface area contributed by atoms with E-state index in [9.17, 15) is 5.11 Å². The van der Waals surface area contributed by atoms with Gasteiger partial charge in [0.05, 0.1) is 6.61 Å². The van der Waals surface area contributed by atoms with Gasteiger partial charge in [-0.3, -0.25) is 0 Å². The Kier molecular flexibility index (Phi) is 5.39. The Morgan fingerprint density at radius 1 is 1.14 bits per heavy atom. The number of nitrogens with one attached hydrogen (secondary N) is 2. The van der Waals surface area contributed by atoms with E-state index in [1.54, 1.807) is 0 Å². The summed E-state index contributed by atoms with van der Waals surface area (Å²) in [5.74, 6) is 3.23. The Morgan fingerprint density at radius 3 is 2.24 bits per heavy atom. The maximum absolute atomic E-state index is 9.66. The van der Waals surface area contributed by atoms with Crippen LogP contribution in [0, 0.1) is 5.41 Å². The SMILES string of the molecule is CCNc1cc(NCC(CC)(CC)CO)nc(C2CC2)n1. The average molecular weight is 292 g/mol. The zero-order chi connectivity index (χ0) is 15.3. The van der Waals surface area contributed by atoms with Gasteiger partial charge in [0, 0.05) is 30.5 Å². The Hall–Kier alpha value is -1.36. The number of nitrogens with zero attached hydrogens (tertiary/aromatic N) is 2. The summed E-state index contributed by atoms with van der Waals surface area (Å²) in [4.78, 5) is 9.22. The van der Waals surface area contributed by atoms with Crippen LogP contribution in [0.5, 0.6) is 0 Å². The first-order valence-corrected chi connectivity index (χ1v) is 8.14. The van der Waals surface area contributed by atoms with Gasteiger partial charge in [0.2, 0.25) is 0 Å². The molecule has 0 atom stereocenters. The van der Waals surface area contributed by atoms with Crippen molar-refractivity contribution >= 4 is 11.6 Å². The first kappa shape index (κ1) is 16.0. The summed E-state index contributed by atoms with van der Waals surface area (Å²) >= 11 is 0. The second-order valence-corrected chi connectivity index (χ2v) is 6.02. The van der Waals surface area contributed by atoms with Crippen LogP contribution in [-0.2, 0) is 0 Å². The zero-order valence-electron chi connectivity index (χ0n) is 13.4. The molecule has 0 radical (unpaired) electrons. The monoisotopic (exact) mass is 292 g/mol. The topological polar surface area (TPSA) is 70.1 Å². The summed E-state index contributed by atoms with van der Waals surface area (Å²) in [6.45, 7) is 8.11. The van der Waals surface area contributed by atoms with Crippen molar-refractivity contribution in [2.24, 2.45) is 5.41 Å². The van der Waals surface area contributed by atoms with Gasteiger partial charge in [-0.05, 0) is 32.6 Å². The molecule has 2 rings (SSSR count). The highest BCUT2D eigenvalue weighted by molar-refractivity contribution is 5.48. The van der Waals surface area contributed by atoms with E-state index in [4.69, 9.17) is 0 Å². The number of hydrogen-bond acceptors (Lipinski definition) is 5. The van der Waals surface area contributed by atoms with Gasteiger partial charge in [-0.2, -0.15) is 0 Å². The van der Waals surface area contributed by atoms with Crippen molar-refractivity contribution < 1.29 is 5.11 Å². The molecule has 0 unspecified atom stereocenters. The van der Waals surface area contributed by atoms with Crippen molar-refractivity contribution in [1.29, 1.82) is 0 Å². The third-order valence-electron chi connectivity index (χ3n) is 4.52. The molecule has 0 aliphatic heterocycles. The molecule has 5 heteroatoms. The molecule has 0 amide bonds. The van der Waals surface area contributed by atoms with Gasteiger partial charge < -0.3 is 15.7 Å². The molecule has 0 bridgehead atoms. The van der Waals surface area contributed by atoms with Gasteiger partial charge in [0.15, 0.2) is 0 Å². The second-order valence-electron chi connectivity index (χ2n) is 6.02. The molecule has 1 heterocycles. The van der Waals surface area contributed by atoms with E-state index in [0.29, 0.717) is 5.92 Å². The highest BCUT2D eigenvalue weighted by Gasteiger charge is 2.28. The average Bonchev–Trinajstić information content (AvgIpc) is 3.34. The van der Waals surface area contributed by atoms with E-state index in [2.05, 4.69) is 41.4 Å². The maximum atomic E-state index is 9.66. The molecule has 1 aliphatic carbocycles. The lowest BCUT2D eigenvalue weighted by atomic mass is 9.83. The molecule has 0 aromatic carbocycles. The third-order valence-corrected chi connectivity index (χ3v) is 4.52. The highest BCUT2D eigenvalue weighted by atomic mass is 16.3. The third kappa shape index (κ3) is 4.06. The van der Waals surface area contributed by atoms with Crippen molar-refractivity contribution in [3.63, 3.8) is 0 Å². The highest BCUT2D eigenvalue weighted by Crippen LogP contribution is 2.39. The zero-order valence-corrected chi connectivity index (χ0v) is 13.4. The van der Waals surface area contributed by atoms with Gasteiger partial charge in [-0.15, -0.1) is 0 Å². The molecule has 21 heavy (non-hydrogen) atoms. The van der Waals surface area contributed by atoms with Gasteiger partial charge in [0.1, 0.15) is 17.5 Å². The number of aliphatic hydroxyl groups excluding tert-OH is 1. The Labute approximate surface area is 127 Å². The van der Waals surface area contributed by atoms with Gasteiger partial charge in [-0.25, -0.2) is 9.97 Å². The number of aromatic nitrogens is 2. The molecule has 118 valence electrons. The summed E-state index contributed by atoms with van der Waals surface area (Å²) in [5.41, 5.74) is -0.0664. The Morgan fingerprint density at radius 2 is 1.76 bits per heavy atom. The van der Waals surface area contributed by atoms with Crippen molar-refractivity contribution in [3.8, 4) is 0 Å². The smallest absolute Gasteiger partial charge is 0.136 e. The fraction of sp³-hybridized carbons (Fsp3) is 0.750. The minimum Gasteiger partial charge on any atom is -0.396 e. The molecule has 3 N–H and O–H groups in total. The largest absolute Gasteiger partial charge is 0.396 e. The normalized spacial score (nSPS) is 15.0. The molecule has 1 aliphatic rings. The van der Waals surface area contributed by atoms with Gasteiger partial charge in [-0.1, -0.05) is 13.8 Å². The van der Waals surface area contributed by atoms with Crippen molar-refractivity contribution in [3.05, 3.63) is 11.9 Å². The van der Waals surface area contributed by atoms with E-state index in [-0.39, 0.29) is 12.0 Å². The fourth-order valence-electron chi connectivity index (χ4n) is 2.41. The van der Waals surface area contributed by atoms with Crippen LogP contribution in [-0.4, -0.2) is 34.8 Å². The predicted octanol–water partition coefficient (Wildman–Crippen LogP) is 3.00. The molecule has 1 aromatic heterocycles. The fourth-order valence-corrected chi connectivity index (χ4v) is 2.41. The molecule has 1 saturated carbocycles. The van der Waals surface area contributed by atoms with E-state index < -0.39 is 0 Å². The molecule has 1 fully saturated rings. The van der Waals surface area contributed by atoms with Crippen LogP contribution in [0.4, 0.5) is 11.6 Å². The van der Waals surface area contributed by atoms with E-state index in [1.807, 2.05) is 6.07 Å². The summed E-state index contributed by atoms with van der Waals surface area (Å²) in [5, 5.41) is 16.3. The van der Waals surface area contributed by atoms with E-state index in [1.165, 1.54) is 12.8 Å². The van der Waals surface area contributed by atoms with Crippen molar-refractivity contribution in [2.45, 2.75) is 52.4 Å². The quantitative estimate of drug-likeness (QED) is 0.653. The number of anilines is 2. The summed E-state index contributed by atoms with van der Waals surface area (Å²) in [7, 11) is 0. The van der Waals surface area contributed by atoms with Crippen LogP contribution in [0.2, 0.25) is 0 Å². The van der Waals surface area contributed by atoms with Crippen molar-refractivity contribution in [2.75, 3.05) is 30.3 Å². The Bertz CT molecular complexity index is 447. The second kappa shape index (κ2) is 7.07. The molecule has 0 saturated heterocycles. The molecule has 5 nitrogen and oxygen atoms in total. The minimum atomic E-state index is -0.0664. The molecule has 1 aromatic rings. The first-order valence-electron chi connectivity index (χ1n) is 8.14. The molecular formula is C16H28N4O. The van der Waals surface area contributed by atoms with Crippen LogP contribution < -0.4 is 10.6 Å². The standard InChI is InChI=1S/C16H28N4O/c1-4-16(5-2,11-21)10-18-14-9-13(17-6-3)19-15(20-14)12-7-8-12/h9,12,21H,4-8,10-11H2,1-3H3,(H2,17,18,19,20). The lowest BCUT2D eigenvalue weighted by Gasteiger charge is -2.29. The molecular weight excluding hydrogens is 264 g/mol. The number of rotatable bonds is 9. The summed E-state index contributed by atoms with van der Waals surface area (Å²) in [6.07, 6.45) is 4.29. The lowest BCUT2D eigenvalue weighted by Crippen LogP contribution is -2.32. The van der Waals surface area contributed by atoms with Crippen LogP contribution >= 0.6 is 0 Å². The van der Waals surface area contributed by atoms with E-state index in [0.717, 1.165) is 43.4 Å². The van der Waals surface area contributed by atoms with E-state index >= 15 is 0 Å². The Balaban J connectivity index is 2.11. The summed E-state index contributed by atoms with van der Waals surface area (Å²) in [6, 6.07) is 1.96. The van der Waals surface area contributed by atoms with Gasteiger partial charge in [0.25, 0.3) is 0 Å². The van der Waals surface area contributed by atoms with Crippen LogP contribution in [0.3, 0.4) is 0 Å². The minimum absolute atomic E-state index is 0.0664. The van der Waals surface area contributed by atoms with Gasteiger partial charge >= 0.3 is 0 Å². The summed E-state index contributed by atoms with van der Waals surface area (Å²) < 4.78 is 0. The predicted molar refractivity (Wildman–Crippen MR) is 86.8 cm³/mol. The van der Waals surface area contributed by atoms with Crippen LogP contribution in [0.1, 0.15) is 58.2 Å². The lowest BCUT2D eigenvalue weighted by molar-refractivity contribution is 0.127. The maximum Gasteiger partial charge on any atom is 0.136 e. The van der Waals surface area contributed by atoms with Crippen LogP contribution in [0.15, 0.2) is 6.07 Å². The first-order chi connectivity index (χ1) is 10.2. The molecule has 0 spiro atoms. The van der Waals surface area contributed by atoms with Crippen molar-refractivity contribution in [1.82, 2.24) is 9.97 Å². The van der Waals surface area contributed by atoms with Crippen LogP contribution in [0.25, 0.3) is 0 Å². The number of hydrogen-bond donors (Lipinski definition) is 3. The number of aliphatic hydroxyl groups is 1.